The first-order valence-electron chi connectivity index (χ1n) is 10.8. The molecular weight excluding hydrogens is 356 g/mol. The van der Waals surface area contributed by atoms with Crippen molar-refractivity contribution in [2.75, 3.05) is 53.0 Å². The number of carbonyl (C=O) groups is 1. The van der Waals surface area contributed by atoms with Crippen LogP contribution in [0.2, 0.25) is 0 Å². The molecule has 0 bridgehead atoms. The molecule has 1 N–H and O–H groups in total. The maximum Gasteiger partial charge on any atom is 0.410 e. The molecule has 0 aromatic rings. The van der Waals surface area contributed by atoms with Gasteiger partial charge in [-0.1, -0.05) is 0 Å². The largest absolute Gasteiger partial charge is 0.444 e. The van der Waals surface area contributed by atoms with E-state index in [2.05, 4.69) is 24.2 Å². The van der Waals surface area contributed by atoms with Gasteiger partial charge in [0.25, 0.3) is 0 Å². The molecule has 0 radical (unpaired) electrons. The first-order valence-corrected chi connectivity index (χ1v) is 10.8. The van der Waals surface area contributed by atoms with Gasteiger partial charge >= 0.3 is 6.09 Å². The fourth-order valence-corrected chi connectivity index (χ4v) is 3.23. The molecule has 1 amide bonds. The van der Waals surface area contributed by atoms with Crippen LogP contribution in [-0.4, -0.2) is 80.4 Å². The highest BCUT2D eigenvalue weighted by atomic mass is 16.6. The number of nitrogens with zero attached hydrogens (tertiary/aromatic N) is 3. The molecule has 0 aromatic heterocycles. The lowest BCUT2D eigenvalue weighted by Crippen LogP contribution is -2.44. The number of aliphatic imine (C=N–C) groups is 1. The van der Waals surface area contributed by atoms with E-state index in [1.807, 2.05) is 25.7 Å². The molecule has 7 heteroatoms. The number of likely N-dealkylation sites (tertiary alicyclic amines) is 1. The van der Waals surface area contributed by atoms with E-state index < -0.39 is 5.60 Å². The van der Waals surface area contributed by atoms with Gasteiger partial charge in [0, 0.05) is 46.4 Å². The van der Waals surface area contributed by atoms with Gasteiger partial charge in [0.2, 0.25) is 0 Å². The van der Waals surface area contributed by atoms with Crippen LogP contribution in [0.1, 0.15) is 53.4 Å². The van der Waals surface area contributed by atoms with E-state index in [0.717, 1.165) is 64.1 Å². The van der Waals surface area contributed by atoms with E-state index in [-0.39, 0.29) is 6.09 Å². The molecule has 1 atom stereocenters. The second kappa shape index (κ2) is 10.9. The molecule has 0 aromatic carbocycles. The molecule has 1 aliphatic heterocycles. The van der Waals surface area contributed by atoms with E-state index in [0.29, 0.717) is 12.5 Å². The highest BCUT2D eigenvalue weighted by molar-refractivity contribution is 5.79. The molecule has 1 unspecified atom stereocenters. The van der Waals surface area contributed by atoms with Crippen LogP contribution >= 0.6 is 0 Å². The Morgan fingerprint density at radius 3 is 2.64 bits per heavy atom. The number of likely N-dealkylation sites (N-methyl/N-ethyl adjacent to an activating group) is 1. The van der Waals surface area contributed by atoms with Crippen LogP contribution in [0.3, 0.4) is 0 Å². The Bertz CT molecular complexity index is 514. The number of ether oxygens (including phenoxy) is 2. The first kappa shape index (κ1) is 22.8. The second-order valence-corrected chi connectivity index (χ2v) is 9.07. The van der Waals surface area contributed by atoms with Gasteiger partial charge in [0.05, 0.1) is 6.61 Å². The Balaban J connectivity index is 1.80. The van der Waals surface area contributed by atoms with Crippen LogP contribution in [0.5, 0.6) is 0 Å². The van der Waals surface area contributed by atoms with Crippen LogP contribution in [-0.2, 0) is 9.47 Å². The number of rotatable bonds is 8. The molecule has 28 heavy (non-hydrogen) atoms. The van der Waals surface area contributed by atoms with Crippen LogP contribution in [0.4, 0.5) is 4.79 Å². The smallest absolute Gasteiger partial charge is 0.410 e. The number of amides is 1. The second-order valence-electron chi connectivity index (χ2n) is 9.07. The predicted octanol–water partition coefficient (Wildman–Crippen LogP) is 2.96. The highest BCUT2D eigenvalue weighted by Crippen LogP contribution is 2.28. The first-order chi connectivity index (χ1) is 13.3. The maximum atomic E-state index is 12.3. The third-order valence-electron chi connectivity index (χ3n) is 4.99. The summed E-state index contributed by atoms with van der Waals surface area (Å²) in [4.78, 5) is 21.1. The summed E-state index contributed by atoms with van der Waals surface area (Å²) >= 11 is 0. The van der Waals surface area contributed by atoms with Crippen molar-refractivity contribution in [2.45, 2.75) is 59.0 Å². The Kier molecular flexibility index (Phi) is 8.86. The standard InChI is InChI=1S/C21H40N4O3/c1-6-22-19(24(5)12-13-27-16-17-9-10-17)23-14-18-8-7-11-25(15-18)20(26)28-21(2,3)4/h17-18H,6-16H2,1-5H3,(H,22,23). The summed E-state index contributed by atoms with van der Waals surface area (Å²) in [7, 11) is 2.05. The summed E-state index contributed by atoms with van der Waals surface area (Å²) in [5.41, 5.74) is -0.454. The van der Waals surface area contributed by atoms with Gasteiger partial charge in [-0.15, -0.1) is 0 Å². The number of nitrogens with one attached hydrogen (secondary N) is 1. The van der Waals surface area contributed by atoms with Crippen molar-refractivity contribution in [3.63, 3.8) is 0 Å². The SMILES string of the molecule is CCNC(=NCC1CCCN(C(=O)OC(C)(C)C)C1)N(C)CCOCC1CC1. The van der Waals surface area contributed by atoms with Crippen molar-refractivity contribution in [1.29, 1.82) is 0 Å². The fourth-order valence-electron chi connectivity index (χ4n) is 3.23. The maximum absolute atomic E-state index is 12.3. The third kappa shape index (κ3) is 8.67. The Morgan fingerprint density at radius 1 is 1.25 bits per heavy atom. The van der Waals surface area contributed by atoms with Crippen molar-refractivity contribution in [2.24, 2.45) is 16.8 Å². The normalized spacial score (nSPS) is 20.8. The van der Waals surface area contributed by atoms with Gasteiger partial charge < -0.3 is 24.6 Å². The molecule has 7 nitrogen and oxygen atoms in total. The van der Waals surface area contributed by atoms with Gasteiger partial charge in [0.15, 0.2) is 5.96 Å². The zero-order valence-electron chi connectivity index (χ0n) is 18.5. The van der Waals surface area contributed by atoms with Crippen molar-refractivity contribution in [3.05, 3.63) is 0 Å². The minimum atomic E-state index is -0.454. The van der Waals surface area contributed by atoms with Gasteiger partial charge in [0.1, 0.15) is 5.60 Å². The summed E-state index contributed by atoms with van der Waals surface area (Å²) in [5.74, 6) is 2.08. The third-order valence-corrected chi connectivity index (χ3v) is 4.99. The lowest BCUT2D eigenvalue weighted by Gasteiger charge is -2.33. The molecular formula is C21H40N4O3. The molecule has 1 aliphatic carbocycles. The molecule has 1 saturated carbocycles. The summed E-state index contributed by atoms with van der Waals surface area (Å²) in [5, 5.41) is 3.36. The zero-order valence-corrected chi connectivity index (χ0v) is 18.5. The van der Waals surface area contributed by atoms with Crippen LogP contribution in [0, 0.1) is 11.8 Å². The molecule has 0 spiro atoms. The Labute approximate surface area is 170 Å². The topological polar surface area (TPSA) is 66.4 Å². The summed E-state index contributed by atoms with van der Waals surface area (Å²) in [6.07, 6.45) is 4.53. The van der Waals surface area contributed by atoms with Gasteiger partial charge in [-0.2, -0.15) is 0 Å². The zero-order chi connectivity index (χ0) is 20.6. The monoisotopic (exact) mass is 396 g/mol. The minimum Gasteiger partial charge on any atom is -0.444 e. The van der Waals surface area contributed by atoms with E-state index >= 15 is 0 Å². The number of guanidine groups is 1. The summed E-state index contributed by atoms with van der Waals surface area (Å²) in [6.45, 7) is 13.3. The van der Waals surface area contributed by atoms with Crippen molar-refractivity contribution >= 4 is 12.1 Å². The number of piperidine rings is 1. The quantitative estimate of drug-likeness (QED) is 0.388. The van der Waals surface area contributed by atoms with Crippen LogP contribution < -0.4 is 5.32 Å². The fraction of sp³-hybridized carbons (Fsp3) is 0.905. The molecule has 2 fully saturated rings. The van der Waals surface area contributed by atoms with Gasteiger partial charge in [-0.25, -0.2) is 4.79 Å². The van der Waals surface area contributed by atoms with Crippen LogP contribution in [0.25, 0.3) is 0 Å². The van der Waals surface area contributed by atoms with E-state index in [9.17, 15) is 4.79 Å². The lowest BCUT2D eigenvalue weighted by molar-refractivity contribution is 0.0170. The average Bonchev–Trinajstić information content (AvgIpc) is 3.45. The molecule has 162 valence electrons. The van der Waals surface area contributed by atoms with Crippen molar-refractivity contribution in [1.82, 2.24) is 15.1 Å². The van der Waals surface area contributed by atoms with E-state index in [4.69, 9.17) is 14.5 Å². The molecule has 2 aliphatic rings. The molecule has 1 saturated heterocycles. The number of hydrogen-bond donors (Lipinski definition) is 1. The van der Waals surface area contributed by atoms with Crippen molar-refractivity contribution < 1.29 is 14.3 Å². The molecule has 1 heterocycles. The Hall–Kier alpha value is -1.50. The van der Waals surface area contributed by atoms with Gasteiger partial charge in [-0.05, 0) is 65.2 Å². The van der Waals surface area contributed by atoms with E-state index in [1.54, 1.807) is 0 Å². The van der Waals surface area contributed by atoms with E-state index in [1.165, 1.54) is 12.8 Å². The number of hydrogen-bond acceptors (Lipinski definition) is 4. The van der Waals surface area contributed by atoms with Crippen molar-refractivity contribution in [3.8, 4) is 0 Å². The average molecular weight is 397 g/mol. The summed E-state index contributed by atoms with van der Waals surface area (Å²) < 4.78 is 11.3. The molecule has 2 rings (SSSR count). The summed E-state index contributed by atoms with van der Waals surface area (Å²) in [6, 6.07) is 0. The number of carbonyl (C=O) groups excluding carboxylic acids is 1. The van der Waals surface area contributed by atoms with Gasteiger partial charge in [-0.3, -0.25) is 4.99 Å². The minimum absolute atomic E-state index is 0.210. The Morgan fingerprint density at radius 2 is 2.00 bits per heavy atom. The predicted molar refractivity (Wildman–Crippen MR) is 113 cm³/mol. The van der Waals surface area contributed by atoms with Crippen LogP contribution in [0.15, 0.2) is 4.99 Å². The highest BCUT2D eigenvalue weighted by Gasteiger charge is 2.27. The lowest BCUT2D eigenvalue weighted by atomic mass is 9.98.